The summed E-state index contributed by atoms with van der Waals surface area (Å²) in [5.41, 5.74) is 11.1. The second kappa shape index (κ2) is 9.62. The number of nitrogens with two attached hydrogens (primary N) is 1. The summed E-state index contributed by atoms with van der Waals surface area (Å²) < 4.78 is 11.7. The van der Waals surface area contributed by atoms with Crippen molar-refractivity contribution < 1.29 is 9.15 Å². The average Bonchev–Trinajstić information content (AvgIpc) is 3.32. The highest BCUT2D eigenvalue weighted by Crippen LogP contribution is 2.31. The van der Waals surface area contributed by atoms with Gasteiger partial charge in [-0.3, -0.25) is 4.98 Å². The molecule has 2 heterocycles. The molecule has 8 heteroatoms. The first kappa shape index (κ1) is 22.2. The van der Waals surface area contributed by atoms with Crippen LogP contribution in [0.1, 0.15) is 11.3 Å². The molecule has 168 valence electrons. The Morgan fingerprint density at radius 3 is 2.52 bits per heavy atom. The second-order valence-electron chi connectivity index (χ2n) is 7.65. The van der Waals surface area contributed by atoms with E-state index >= 15 is 0 Å². The molecule has 0 aliphatic heterocycles. The Bertz CT molecular complexity index is 1260. The van der Waals surface area contributed by atoms with E-state index in [4.69, 9.17) is 19.9 Å². The molecule has 0 saturated carbocycles. The molecule has 2 aromatic heterocycles. The molecule has 0 amide bonds. The van der Waals surface area contributed by atoms with Gasteiger partial charge in [-0.25, -0.2) is 4.98 Å². The first-order chi connectivity index (χ1) is 16.0. The van der Waals surface area contributed by atoms with E-state index in [1.165, 1.54) is 0 Å². The van der Waals surface area contributed by atoms with Gasteiger partial charge in [0.1, 0.15) is 18.1 Å². The Kier molecular flexibility index (Phi) is 6.46. The lowest BCUT2D eigenvalue weighted by Gasteiger charge is -2.16. The van der Waals surface area contributed by atoms with Crippen LogP contribution in [0.5, 0.6) is 5.75 Å². The lowest BCUT2D eigenvalue weighted by molar-refractivity contribution is 0.328. The monoisotopic (exact) mass is 442 g/mol. The summed E-state index contributed by atoms with van der Waals surface area (Å²) in [7, 11) is 3.94. The van der Waals surface area contributed by atoms with Gasteiger partial charge in [-0.2, -0.15) is 0 Å². The zero-order chi connectivity index (χ0) is 23.4. The van der Waals surface area contributed by atoms with Gasteiger partial charge in [-0.15, -0.1) is 10.2 Å². The number of benzene rings is 2. The van der Waals surface area contributed by atoms with Crippen molar-refractivity contribution in [1.29, 1.82) is 0 Å². The standard InChI is InChI=1S/C25H26N6O2/c1-16-23(25-30-29-24(33-25)20-7-5-6-8-22(20)32-14-13-26)28-21(15-27-16)19-11-9-18(10-12-19)17(2)31(3)4/h5-12,15H,2,13-14,26H2,1,3-4H3. The Morgan fingerprint density at radius 1 is 1.06 bits per heavy atom. The largest absolute Gasteiger partial charge is 0.491 e. The summed E-state index contributed by atoms with van der Waals surface area (Å²) >= 11 is 0. The van der Waals surface area contributed by atoms with Crippen LogP contribution >= 0.6 is 0 Å². The predicted molar refractivity (Wildman–Crippen MR) is 128 cm³/mol. The maximum atomic E-state index is 5.97. The van der Waals surface area contributed by atoms with Gasteiger partial charge in [-0.1, -0.05) is 43.0 Å². The van der Waals surface area contributed by atoms with Crippen LogP contribution in [0.25, 0.3) is 40.0 Å². The normalized spacial score (nSPS) is 10.8. The van der Waals surface area contributed by atoms with E-state index in [2.05, 4.69) is 21.8 Å². The predicted octanol–water partition coefficient (Wildman–Crippen LogP) is 4.04. The van der Waals surface area contributed by atoms with Crippen LogP contribution in [0.15, 0.2) is 65.7 Å². The Morgan fingerprint density at radius 2 is 1.79 bits per heavy atom. The van der Waals surface area contributed by atoms with Crippen molar-refractivity contribution in [2.45, 2.75) is 6.92 Å². The summed E-state index contributed by atoms with van der Waals surface area (Å²) in [5.74, 6) is 1.27. The van der Waals surface area contributed by atoms with Crippen LogP contribution in [0.3, 0.4) is 0 Å². The van der Waals surface area contributed by atoms with Gasteiger partial charge in [0.2, 0.25) is 0 Å². The first-order valence-corrected chi connectivity index (χ1v) is 10.5. The van der Waals surface area contributed by atoms with E-state index in [0.717, 1.165) is 16.8 Å². The highest BCUT2D eigenvalue weighted by atomic mass is 16.5. The zero-order valence-electron chi connectivity index (χ0n) is 18.9. The van der Waals surface area contributed by atoms with Gasteiger partial charge in [0, 0.05) is 31.9 Å². The third-order valence-electron chi connectivity index (χ3n) is 5.13. The molecule has 0 atom stereocenters. The smallest absolute Gasteiger partial charge is 0.268 e. The molecular formula is C25H26N6O2. The summed E-state index contributed by atoms with van der Waals surface area (Å²) in [5, 5.41) is 8.43. The third-order valence-corrected chi connectivity index (χ3v) is 5.13. The molecule has 2 aromatic carbocycles. The lowest BCUT2D eigenvalue weighted by Crippen LogP contribution is -2.10. The van der Waals surface area contributed by atoms with Crippen LogP contribution in [-0.4, -0.2) is 52.3 Å². The van der Waals surface area contributed by atoms with Crippen LogP contribution < -0.4 is 10.5 Å². The van der Waals surface area contributed by atoms with E-state index in [-0.39, 0.29) is 0 Å². The minimum Gasteiger partial charge on any atom is -0.491 e. The number of nitrogens with zero attached hydrogens (tertiary/aromatic N) is 5. The third kappa shape index (κ3) is 4.75. The maximum absolute atomic E-state index is 5.97. The van der Waals surface area contributed by atoms with E-state index in [1.807, 2.05) is 74.4 Å². The highest BCUT2D eigenvalue weighted by Gasteiger charge is 2.18. The number of rotatable bonds is 8. The quantitative estimate of drug-likeness (QED) is 0.436. The highest BCUT2D eigenvalue weighted by molar-refractivity contribution is 5.68. The first-order valence-electron chi connectivity index (χ1n) is 10.5. The fraction of sp³-hybridized carbons (Fsp3) is 0.200. The van der Waals surface area contributed by atoms with Crippen LogP contribution in [0.2, 0.25) is 0 Å². The summed E-state index contributed by atoms with van der Waals surface area (Å²) in [6, 6.07) is 15.5. The van der Waals surface area contributed by atoms with Crippen LogP contribution in [-0.2, 0) is 0 Å². The fourth-order valence-electron chi connectivity index (χ4n) is 3.25. The molecule has 8 nitrogen and oxygen atoms in total. The molecule has 4 rings (SSSR count). The van der Waals surface area contributed by atoms with Gasteiger partial charge < -0.3 is 19.8 Å². The molecular weight excluding hydrogens is 416 g/mol. The average molecular weight is 443 g/mol. The molecule has 4 aromatic rings. The number of aromatic nitrogens is 4. The van der Waals surface area contributed by atoms with Crippen molar-refractivity contribution in [1.82, 2.24) is 25.1 Å². The number of hydrogen-bond donors (Lipinski definition) is 1. The molecule has 0 aliphatic carbocycles. The van der Waals surface area contributed by atoms with Crippen molar-refractivity contribution in [2.24, 2.45) is 5.73 Å². The van der Waals surface area contributed by atoms with E-state index in [1.54, 1.807) is 6.20 Å². The summed E-state index contributed by atoms with van der Waals surface area (Å²) in [4.78, 5) is 11.2. The number of aryl methyl sites for hydroxylation is 1. The number of hydrogen-bond acceptors (Lipinski definition) is 8. The maximum Gasteiger partial charge on any atom is 0.268 e. The van der Waals surface area contributed by atoms with Crippen LogP contribution in [0.4, 0.5) is 0 Å². The SMILES string of the molecule is C=C(c1ccc(-c2cnc(C)c(-c3nnc(-c4ccccc4OCCN)o3)n2)cc1)N(C)C. The minimum absolute atomic E-state index is 0.295. The number of ether oxygens (including phenoxy) is 1. The van der Waals surface area contributed by atoms with Gasteiger partial charge in [-0.05, 0) is 24.6 Å². The minimum atomic E-state index is 0.295. The fourth-order valence-corrected chi connectivity index (χ4v) is 3.25. The van der Waals surface area contributed by atoms with Crippen molar-refractivity contribution >= 4 is 5.70 Å². The zero-order valence-corrected chi connectivity index (χ0v) is 18.9. The number of para-hydroxylation sites is 1. The van der Waals surface area contributed by atoms with Gasteiger partial charge in [0.15, 0.2) is 0 Å². The molecule has 0 radical (unpaired) electrons. The Balaban J connectivity index is 1.65. The van der Waals surface area contributed by atoms with Gasteiger partial charge >= 0.3 is 0 Å². The molecule has 0 saturated heterocycles. The molecule has 0 spiro atoms. The molecule has 0 fully saturated rings. The molecule has 33 heavy (non-hydrogen) atoms. The van der Waals surface area contributed by atoms with E-state index in [9.17, 15) is 0 Å². The topological polar surface area (TPSA) is 103 Å². The Labute approximate surface area is 192 Å². The summed E-state index contributed by atoms with van der Waals surface area (Å²) in [6.07, 6.45) is 1.74. The second-order valence-corrected chi connectivity index (χ2v) is 7.65. The lowest BCUT2D eigenvalue weighted by atomic mass is 10.1. The van der Waals surface area contributed by atoms with Crippen molar-refractivity contribution in [2.75, 3.05) is 27.2 Å². The Hall–Kier alpha value is -4.04. The van der Waals surface area contributed by atoms with Gasteiger partial charge in [0.05, 0.1) is 23.1 Å². The summed E-state index contributed by atoms with van der Waals surface area (Å²) in [6.45, 7) is 6.76. The molecule has 0 unspecified atom stereocenters. The molecule has 0 bridgehead atoms. The van der Waals surface area contributed by atoms with Crippen molar-refractivity contribution in [3.05, 3.63) is 72.6 Å². The molecule has 2 N–H and O–H groups in total. The van der Waals surface area contributed by atoms with Crippen molar-refractivity contribution in [3.63, 3.8) is 0 Å². The molecule has 0 aliphatic rings. The van der Waals surface area contributed by atoms with Gasteiger partial charge in [0.25, 0.3) is 11.8 Å². The van der Waals surface area contributed by atoms with E-state index < -0.39 is 0 Å². The van der Waals surface area contributed by atoms with E-state index in [0.29, 0.717) is 53.3 Å². The van der Waals surface area contributed by atoms with Crippen molar-refractivity contribution in [3.8, 4) is 40.0 Å². The van der Waals surface area contributed by atoms with Crippen LogP contribution in [0, 0.1) is 6.92 Å².